The number of hydrogen-bond acceptors (Lipinski definition) is 5. The van der Waals surface area contributed by atoms with Gasteiger partial charge in [0.15, 0.2) is 0 Å². The molecule has 7 nitrogen and oxygen atoms in total. The second kappa shape index (κ2) is 6.71. The molecule has 0 saturated carbocycles. The fourth-order valence-corrected chi connectivity index (χ4v) is 2.32. The van der Waals surface area contributed by atoms with E-state index in [2.05, 4.69) is 20.4 Å². The van der Waals surface area contributed by atoms with E-state index in [1.165, 1.54) is 0 Å². The summed E-state index contributed by atoms with van der Waals surface area (Å²) in [5, 5.41) is 15.0. The maximum atomic E-state index is 12.7. The van der Waals surface area contributed by atoms with Crippen LogP contribution in [0.5, 0.6) is 0 Å². The highest BCUT2D eigenvalue weighted by Gasteiger charge is 2.36. The number of carbonyl (C=O) groups excluding carboxylic acids is 1. The molecule has 0 aliphatic rings. The summed E-state index contributed by atoms with van der Waals surface area (Å²) in [7, 11) is 0. The summed E-state index contributed by atoms with van der Waals surface area (Å²) in [6, 6.07) is -0.357. The van der Waals surface area contributed by atoms with Crippen LogP contribution in [0.1, 0.15) is 36.1 Å². The Morgan fingerprint density at radius 1 is 1.33 bits per heavy atom. The molecule has 1 amide bonds. The van der Waals surface area contributed by atoms with Crippen molar-refractivity contribution in [3.63, 3.8) is 0 Å². The number of fused-ring (bicyclic) bond motifs is 1. The van der Waals surface area contributed by atoms with Crippen molar-refractivity contribution in [3.05, 3.63) is 22.8 Å². The number of nitrogens with zero attached hydrogens (tertiary/aromatic N) is 4. The molecule has 0 saturated heterocycles. The minimum atomic E-state index is -4.64. The Morgan fingerprint density at radius 2 is 2.00 bits per heavy atom. The third-order valence-electron chi connectivity index (χ3n) is 3.59. The second-order valence-electron chi connectivity index (χ2n) is 5.56. The molecule has 2 rings (SSSR count). The molecule has 0 aromatic carbocycles. The molecule has 2 N–H and O–H groups in total. The molecule has 10 heteroatoms. The normalized spacial score (nSPS) is 13.3. The molecule has 2 aromatic rings. The molecule has 0 fully saturated rings. The Morgan fingerprint density at radius 3 is 2.58 bits per heavy atom. The molecule has 1 atom stereocenters. The van der Waals surface area contributed by atoms with Crippen LogP contribution >= 0.6 is 0 Å². The van der Waals surface area contributed by atoms with Crippen LogP contribution in [-0.2, 0) is 17.4 Å². The largest absolute Gasteiger partial charge is 0.453 e. The Hall–Kier alpha value is -2.23. The van der Waals surface area contributed by atoms with E-state index in [1.54, 1.807) is 20.8 Å². The zero-order valence-electron chi connectivity index (χ0n) is 13.5. The smallest absolute Gasteiger partial charge is 0.394 e. The average Bonchev–Trinajstić information content (AvgIpc) is 2.91. The van der Waals surface area contributed by atoms with Gasteiger partial charge < -0.3 is 10.4 Å². The third-order valence-corrected chi connectivity index (χ3v) is 3.59. The summed E-state index contributed by atoms with van der Waals surface area (Å²) in [5.41, 5.74) is 1.61. The molecule has 0 spiro atoms. The number of aliphatic hydroxyl groups is 1. The Labute approximate surface area is 135 Å². The molecule has 2 aromatic heterocycles. The van der Waals surface area contributed by atoms with Crippen molar-refractivity contribution in [2.24, 2.45) is 0 Å². The van der Waals surface area contributed by atoms with E-state index in [-0.39, 0.29) is 30.8 Å². The Bertz CT molecular complexity index is 757. The topological polar surface area (TPSA) is 92.4 Å². The SMILES string of the molecule is Cc1nc2nc(C(F)(F)F)nn2c(C)c1CCC(=O)NC(C)CO. The zero-order chi connectivity index (χ0) is 18.1. The van der Waals surface area contributed by atoms with Crippen molar-refractivity contribution in [2.45, 2.75) is 45.8 Å². The highest BCUT2D eigenvalue weighted by atomic mass is 19.4. The summed E-state index contributed by atoms with van der Waals surface area (Å²) in [6.45, 7) is 4.76. The highest BCUT2D eigenvalue weighted by Crippen LogP contribution is 2.27. The predicted octanol–water partition coefficient (Wildman–Crippen LogP) is 1.19. The summed E-state index contributed by atoms with van der Waals surface area (Å²) in [6.07, 6.45) is -4.22. The van der Waals surface area contributed by atoms with Gasteiger partial charge in [-0.05, 0) is 32.8 Å². The molecule has 0 radical (unpaired) electrons. The summed E-state index contributed by atoms with van der Waals surface area (Å²) < 4.78 is 39.2. The van der Waals surface area contributed by atoms with Crippen molar-refractivity contribution in [1.29, 1.82) is 0 Å². The maximum absolute atomic E-state index is 12.7. The highest BCUT2D eigenvalue weighted by molar-refractivity contribution is 5.76. The number of nitrogens with one attached hydrogen (secondary N) is 1. The van der Waals surface area contributed by atoms with E-state index >= 15 is 0 Å². The van der Waals surface area contributed by atoms with Gasteiger partial charge in [-0.15, -0.1) is 5.10 Å². The monoisotopic (exact) mass is 345 g/mol. The molecule has 132 valence electrons. The van der Waals surface area contributed by atoms with Gasteiger partial charge in [-0.1, -0.05) is 0 Å². The van der Waals surface area contributed by atoms with E-state index in [0.717, 1.165) is 4.52 Å². The lowest BCUT2D eigenvalue weighted by atomic mass is 10.1. The maximum Gasteiger partial charge on any atom is 0.453 e. The molecular weight excluding hydrogens is 327 g/mol. The first-order chi connectivity index (χ1) is 11.1. The van der Waals surface area contributed by atoms with Gasteiger partial charge in [0.1, 0.15) is 0 Å². The van der Waals surface area contributed by atoms with Crippen LogP contribution in [0.4, 0.5) is 13.2 Å². The molecule has 1 unspecified atom stereocenters. The van der Waals surface area contributed by atoms with Gasteiger partial charge in [0.2, 0.25) is 5.91 Å². The van der Waals surface area contributed by atoms with Gasteiger partial charge in [0.25, 0.3) is 11.6 Å². The first-order valence-corrected chi connectivity index (χ1v) is 7.33. The molecular formula is C14H18F3N5O2. The third kappa shape index (κ3) is 3.81. The summed E-state index contributed by atoms with van der Waals surface area (Å²) in [5.74, 6) is -1.63. The number of rotatable bonds is 5. The minimum Gasteiger partial charge on any atom is -0.394 e. The van der Waals surface area contributed by atoms with Crippen LogP contribution in [0, 0.1) is 13.8 Å². The van der Waals surface area contributed by atoms with E-state index < -0.39 is 12.0 Å². The first-order valence-electron chi connectivity index (χ1n) is 7.33. The number of aryl methyl sites for hydroxylation is 2. The number of aliphatic hydroxyl groups excluding tert-OH is 1. The van der Waals surface area contributed by atoms with Gasteiger partial charge in [-0.2, -0.15) is 18.2 Å². The quantitative estimate of drug-likeness (QED) is 0.849. The Balaban J connectivity index is 2.26. The van der Waals surface area contributed by atoms with Gasteiger partial charge in [0, 0.05) is 23.9 Å². The van der Waals surface area contributed by atoms with Crippen LogP contribution in [0.15, 0.2) is 0 Å². The fourth-order valence-electron chi connectivity index (χ4n) is 2.32. The van der Waals surface area contributed by atoms with E-state index in [1.807, 2.05) is 0 Å². The van der Waals surface area contributed by atoms with Gasteiger partial charge in [0.05, 0.1) is 6.61 Å². The lowest BCUT2D eigenvalue weighted by molar-refractivity contribution is -0.144. The van der Waals surface area contributed by atoms with E-state index in [0.29, 0.717) is 23.4 Å². The van der Waals surface area contributed by atoms with Crippen molar-refractivity contribution < 1.29 is 23.1 Å². The van der Waals surface area contributed by atoms with Crippen LogP contribution in [0.3, 0.4) is 0 Å². The number of alkyl halides is 3. The second-order valence-corrected chi connectivity index (χ2v) is 5.56. The van der Waals surface area contributed by atoms with Crippen LogP contribution in [0.2, 0.25) is 0 Å². The summed E-state index contributed by atoms with van der Waals surface area (Å²) in [4.78, 5) is 19.2. The molecule has 0 aliphatic carbocycles. The van der Waals surface area contributed by atoms with Crippen molar-refractivity contribution >= 4 is 11.7 Å². The number of aromatic nitrogens is 4. The number of carbonyl (C=O) groups is 1. The Kier molecular flexibility index (Phi) is 5.07. The number of halogens is 3. The number of amides is 1. The fraction of sp³-hybridized carbons (Fsp3) is 0.571. The van der Waals surface area contributed by atoms with Gasteiger partial charge in [-0.25, -0.2) is 9.50 Å². The first kappa shape index (κ1) is 18.1. The van der Waals surface area contributed by atoms with Crippen LogP contribution in [0.25, 0.3) is 5.78 Å². The van der Waals surface area contributed by atoms with Crippen molar-refractivity contribution in [2.75, 3.05) is 6.61 Å². The molecule has 0 aliphatic heterocycles. The number of hydrogen-bond donors (Lipinski definition) is 2. The molecule has 2 heterocycles. The van der Waals surface area contributed by atoms with Crippen molar-refractivity contribution in [1.82, 2.24) is 24.9 Å². The molecule has 24 heavy (non-hydrogen) atoms. The average molecular weight is 345 g/mol. The van der Waals surface area contributed by atoms with Gasteiger partial charge in [-0.3, -0.25) is 4.79 Å². The van der Waals surface area contributed by atoms with Crippen LogP contribution < -0.4 is 5.32 Å². The zero-order valence-corrected chi connectivity index (χ0v) is 13.5. The predicted molar refractivity (Wildman–Crippen MR) is 78.3 cm³/mol. The van der Waals surface area contributed by atoms with E-state index in [4.69, 9.17) is 5.11 Å². The summed E-state index contributed by atoms with van der Waals surface area (Å²) >= 11 is 0. The van der Waals surface area contributed by atoms with Gasteiger partial charge >= 0.3 is 6.18 Å². The van der Waals surface area contributed by atoms with Crippen LogP contribution in [-0.4, -0.2) is 43.2 Å². The lowest BCUT2D eigenvalue weighted by Gasteiger charge is -2.12. The standard InChI is InChI=1S/C14H18F3N5O2/c1-7(6-23)18-11(24)5-4-10-8(2)19-13-20-12(14(15,16)17)21-22(13)9(10)3/h7,23H,4-6H2,1-3H3,(H,18,24). The minimum absolute atomic E-state index is 0.125. The van der Waals surface area contributed by atoms with E-state index in [9.17, 15) is 18.0 Å². The van der Waals surface area contributed by atoms with Crippen molar-refractivity contribution in [3.8, 4) is 0 Å². The lowest BCUT2D eigenvalue weighted by Crippen LogP contribution is -2.35. The molecule has 0 bridgehead atoms.